The van der Waals surface area contributed by atoms with Crippen LogP contribution in [0.15, 0.2) is 60.7 Å². The molecule has 1 aliphatic carbocycles. The van der Waals surface area contributed by atoms with Crippen LogP contribution in [-0.4, -0.2) is 22.7 Å². The molecule has 0 unspecified atom stereocenters. The molecule has 0 aromatic heterocycles. The van der Waals surface area contributed by atoms with E-state index in [1.807, 2.05) is 0 Å². The van der Waals surface area contributed by atoms with Crippen LogP contribution in [0.5, 0.6) is 0 Å². The zero-order valence-corrected chi connectivity index (χ0v) is 13.1. The van der Waals surface area contributed by atoms with Crippen LogP contribution in [0.3, 0.4) is 0 Å². The summed E-state index contributed by atoms with van der Waals surface area (Å²) in [6.07, 6.45) is 3.47. The molecule has 2 nitrogen and oxygen atoms in total. The highest BCUT2D eigenvalue weighted by Crippen LogP contribution is 2.31. The molecule has 0 spiro atoms. The van der Waals surface area contributed by atoms with Crippen LogP contribution in [0.25, 0.3) is 0 Å². The normalized spacial score (nSPS) is 21.4. The van der Waals surface area contributed by atoms with Gasteiger partial charge >= 0.3 is 0 Å². The number of hydrogen-bond acceptors (Lipinski definition) is 2. The van der Waals surface area contributed by atoms with Gasteiger partial charge in [-0.05, 0) is 36.3 Å². The first-order valence-corrected chi connectivity index (χ1v) is 8.28. The van der Waals surface area contributed by atoms with Crippen molar-refractivity contribution in [3.63, 3.8) is 0 Å². The molecule has 116 valence electrons. The zero-order valence-electron chi connectivity index (χ0n) is 13.1. The summed E-state index contributed by atoms with van der Waals surface area (Å²) >= 11 is 0. The number of nitrogens with zero attached hydrogens (tertiary/aromatic N) is 1. The molecule has 1 fully saturated rings. The predicted octanol–water partition coefficient (Wildman–Crippen LogP) is 3.85. The summed E-state index contributed by atoms with van der Waals surface area (Å²) in [6.45, 7) is 2.30. The molecule has 2 aromatic carbocycles. The van der Waals surface area contributed by atoms with Crippen LogP contribution in [0.4, 0.5) is 0 Å². The fraction of sp³-hybridized carbons (Fsp3) is 0.400. The van der Waals surface area contributed by atoms with Crippen LogP contribution in [0.1, 0.15) is 30.4 Å². The first-order valence-electron chi connectivity index (χ1n) is 8.28. The van der Waals surface area contributed by atoms with Crippen molar-refractivity contribution in [1.82, 2.24) is 4.90 Å². The standard InChI is InChI=1S/C20H25NO/c22-16-19-11-12-20(13-19)21(14-17-7-3-1-4-8-17)15-18-9-5-2-6-10-18/h1-10,19-20,22H,11-16H2/t19-,20+/m1/s1. The molecule has 1 aliphatic rings. The van der Waals surface area contributed by atoms with Crippen LogP contribution in [-0.2, 0) is 13.1 Å². The maximum absolute atomic E-state index is 9.43. The fourth-order valence-electron chi connectivity index (χ4n) is 3.50. The van der Waals surface area contributed by atoms with Gasteiger partial charge in [0.1, 0.15) is 0 Å². The molecule has 2 heteroatoms. The molecule has 0 radical (unpaired) electrons. The van der Waals surface area contributed by atoms with Gasteiger partial charge in [0.2, 0.25) is 0 Å². The van der Waals surface area contributed by atoms with E-state index in [0.29, 0.717) is 18.6 Å². The highest BCUT2D eigenvalue weighted by molar-refractivity contribution is 5.17. The fourth-order valence-corrected chi connectivity index (χ4v) is 3.50. The summed E-state index contributed by atoms with van der Waals surface area (Å²) < 4.78 is 0. The van der Waals surface area contributed by atoms with E-state index in [-0.39, 0.29) is 0 Å². The quantitative estimate of drug-likeness (QED) is 0.875. The van der Waals surface area contributed by atoms with Gasteiger partial charge in [-0.2, -0.15) is 0 Å². The third-order valence-corrected chi connectivity index (χ3v) is 4.75. The van der Waals surface area contributed by atoms with E-state index in [9.17, 15) is 5.11 Å². The summed E-state index contributed by atoms with van der Waals surface area (Å²) in [5, 5.41) is 9.43. The molecule has 0 heterocycles. The van der Waals surface area contributed by atoms with Crippen molar-refractivity contribution in [3.8, 4) is 0 Å². The van der Waals surface area contributed by atoms with Crippen molar-refractivity contribution < 1.29 is 5.11 Å². The first-order chi connectivity index (χ1) is 10.8. The van der Waals surface area contributed by atoms with Crippen LogP contribution >= 0.6 is 0 Å². The maximum atomic E-state index is 9.43. The van der Waals surface area contributed by atoms with Gasteiger partial charge in [0.25, 0.3) is 0 Å². The summed E-state index contributed by atoms with van der Waals surface area (Å²) in [5.41, 5.74) is 2.73. The molecule has 0 saturated heterocycles. The lowest BCUT2D eigenvalue weighted by atomic mass is 10.1. The van der Waals surface area contributed by atoms with Gasteiger partial charge in [0, 0.05) is 25.7 Å². The van der Waals surface area contributed by atoms with Gasteiger partial charge in [-0.15, -0.1) is 0 Å². The molecule has 0 aliphatic heterocycles. The van der Waals surface area contributed by atoms with Crippen molar-refractivity contribution in [2.45, 2.75) is 38.4 Å². The number of aliphatic hydroxyl groups excluding tert-OH is 1. The van der Waals surface area contributed by atoms with Gasteiger partial charge in [-0.1, -0.05) is 60.7 Å². The number of hydrogen-bond donors (Lipinski definition) is 1. The van der Waals surface area contributed by atoms with E-state index in [1.54, 1.807) is 0 Å². The molecular formula is C20H25NO. The predicted molar refractivity (Wildman–Crippen MR) is 90.3 cm³/mol. The van der Waals surface area contributed by atoms with Gasteiger partial charge in [-0.25, -0.2) is 0 Å². The van der Waals surface area contributed by atoms with Gasteiger partial charge in [0.15, 0.2) is 0 Å². The van der Waals surface area contributed by atoms with E-state index >= 15 is 0 Å². The molecular weight excluding hydrogens is 270 g/mol. The van der Waals surface area contributed by atoms with Gasteiger partial charge in [0.05, 0.1) is 0 Å². The number of aliphatic hydroxyl groups is 1. The lowest BCUT2D eigenvalue weighted by molar-refractivity contribution is 0.165. The third-order valence-electron chi connectivity index (χ3n) is 4.75. The Bertz CT molecular complexity index is 513. The second-order valence-corrected chi connectivity index (χ2v) is 6.39. The largest absolute Gasteiger partial charge is 0.396 e. The second kappa shape index (κ2) is 7.57. The lowest BCUT2D eigenvalue weighted by Crippen LogP contribution is -2.32. The summed E-state index contributed by atoms with van der Waals surface area (Å²) in [7, 11) is 0. The molecule has 22 heavy (non-hydrogen) atoms. The Morgan fingerprint density at radius 3 is 1.82 bits per heavy atom. The van der Waals surface area contributed by atoms with Crippen molar-refractivity contribution in [1.29, 1.82) is 0 Å². The SMILES string of the molecule is OC[C@@H]1CC[C@H](N(Cc2ccccc2)Cc2ccccc2)C1. The molecule has 3 rings (SSSR count). The van der Waals surface area contributed by atoms with Crippen molar-refractivity contribution in [2.75, 3.05) is 6.61 Å². The van der Waals surface area contributed by atoms with Crippen molar-refractivity contribution in [2.24, 2.45) is 5.92 Å². The van der Waals surface area contributed by atoms with E-state index in [0.717, 1.165) is 25.9 Å². The Morgan fingerprint density at radius 1 is 0.818 bits per heavy atom. The molecule has 0 amide bonds. The molecule has 2 atom stereocenters. The van der Waals surface area contributed by atoms with E-state index in [2.05, 4.69) is 65.6 Å². The zero-order chi connectivity index (χ0) is 15.2. The molecule has 1 N–H and O–H groups in total. The van der Waals surface area contributed by atoms with E-state index < -0.39 is 0 Å². The van der Waals surface area contributed by atoms with Crippen molar-refractivity contribution >= 4 is 0 Å². The number of rotatable bonds is 6. The highest BCUT2D eigenvalue weighted by atomic mass is 16.3. The summed E-state index contributed by atoms with van der Waals surface area (Å²) in [6, 6.07) is 22.0. The minimum Gasteiger partial charge on any atom is -0.396 e. The van der Waals surface area contributed by atoms with Crippen LogP contribution < -0.4 is 0 Å². The topological polar surface area (TPSA) is 23.5 Å². The van der Waals surface area contributed by atoms with Crippen molar-refractivity contribution in [3.05, 3.63) is 71.8 Å². The number of benzene rings is 2. The smallest absolute Gasteiger partial charge is 0.0459 e. The van der Waals surface area contributed by atoms with Gasteiger partial charge in [-0.3, -0.25) is 4.90 Å². The Hall–Kier alpha value is -1.64. The Kier molecular flexibility index (Phi) is 5.25. The average Bonchev–Trinajstić information content (AvgIpc) is 3.05. The monoisotopic (exact) mass is 295 g/mol. The molecule has 2 aromatic rings. The average molecular weight is 295 g/mol. The Morgan fingerprint density at radius 2 is 1.36 bits per heavy atom. The Labute approximate surface area is 133 Å². The van der Waals surface area contributed by atoms with Crippen LogP contribution in [0, 0.1) is 5.92 Å². The van der Waals surface area contributed by atoms with Gasteiger partial charge < -0.3 is 5.11 Å². The maximum Gasteiger partial charge on any atom is 0.0459 e. The Balaban J connectivity index is 1.73. The van der Waals surface area contributed by atoms with E-state index in [4.69, 9.17) is 0 Å². The second-order valence-electron chi connectivity index (χ2n) is 6.39. The minimum absolute atomic E-state index is 0.334. The lowest BCUT2D eigenvalue weighted by Gasteiger charge is -2.29. The first kappa shape index (κ1) is 15.3. The summed E-state index contributed by atoms with van der Waals surface area (Å²) in [5.74, 6) is 0.485. The highest BCUT2D eigenvalue weighted by Gasteiger charge is 2.28. The van der Waals surface area contributed by atoms with Crippen LogP contribution in [0.2, 0.25) is 0 Å². The third kappa shape index (κ3) is 3.96. The summed E-state index contributed by atoms with van der Waals surface area (Å²) in [4.78, 5) is 2.58. The minimum atomic E-state index is 0.334. The molecule has 1 saturated carbocycles. The molecule has 0 bridgehead atoms. The van der Waals surface area contributed by atoms with E-state index in [1.165, 1.54) is 17.5 Å².